The molecule has 1 amide bonds. The highest BCUT2D eigenvalue weighted by Gasteiger charge is 2.44. The van der Waals surface area contributed by atoms with Gasteiger partial charge < -0.3 is 10.2 Å². The van der Waals surface area contributed by atoms with Crippen LogP contribution in [0.3, 0.4) is 0 Å². The number of halogens is 1. The summed E-state index contributed by atoms with van der Waals surface area (Å²) in [5.74, 6) is -0.202. The minimum Gasteiger partial charge on any atom is -0.465 e. The van der Waals surface area contributed by atoms with Crippen molar-refractivity contribution in [2.75, 3.05) is 6.54 Å². The Morgan fingerprint density at radius 2 is 2.16 bits per heavy atom. The first-order valence-corrected chi connectivity index (χ1v) is 7.19. The number of rotatable bonds is 3. The molecule has 1 aliphatic heterocycles. The zero-order valence-corrected chi connectivity index (χ0v) is 11.4. The summed E-state index contributed by atoms with van der Waals surface area (Å²) in [5.41, 5.74) is 5.13. The molecule has 0 radical (unpaired) electrons. The molecule has 0 spiro atoms. The van der Waals surface area contributed by atoms with Gasteiger partial charge in [0.2, 0.25) is 15.9 Å². The summed E-state index contributed by atoms with van der Waals surface area (Å²) in [7, 11) is -3.98. The normalized spacial score (nSPS) is 24.8. The van der Waals surface area contributed by atoms with E-state index in [0.29, 0.717) is 5.76 Å². The molecule has 2 heterocycles. The van der Waals surface area contributed by atoms with Crippen LogP contribution < -0.4 is 5.73 Å². The Morgan fingerprint density at radius 3 is 2.63 bits per heavy atom. The average Bonchev–Trinajstić information content (AvgIpc) is 2.82. The van der Waals surface area contributed by atoms with Crippen LogP contribution in [0.4, 0.5) is 4.39 Å². The number of sulfonamides is 1. The molecular weight excluding hydrogens is 275 g/mol. The molecule has 1 aromatic rings. The third-order valence-corrected chi connectivity index (χ3v) is 5.10. The van der Waals surface area contributed by atoms with Crippen LogP contribution in [0.5, 0.6) is 0 Å². The van der Waals surface area contributed by atoms with E-state index in [2.05, 4.69) is 0 Å². The minimum absolute atomic E-state index is 0.0506. The van der Waals surface area contributed by atoms with Gasteiger partial charge in [-0.15, -0.1) is 0 Å². The zero-order chi connectivity index (χ0) is 14.4. The van der Waals surface area contributed by atoms with Gasteiger partial charge >= 0.3 is 0 Å². The maximum absolute atomic E-state index is 13.4. The molecule has 0 saturated carbocycles. The molecule has 0 unspecified atom stereocenters. The summed E-state index contributed by atoms with van der Waals surface area (Å²) in [6.07, 6.45) is -1.59. The molecule has 1 aromatic heterocycles. The van der Waals surface area contributed by atoms with Crippen molar-refractivity contribution in [1.29, 1.82) is 0 Å². The van der Waals surface area contributed by atoms with Gasteiger partial charge in [-0.05, 0) is 19.9 Å². The van der Waals surface area contributed by atoms with Crippen molar-refractivity contribution in [3.8, 4) is 0 Å². The Bertz CT molecular complexity index is 610. The fourth-order valence-corrected chi connectivity index (χ4v) is 4.13. The van der Waals surface area contributed by atoms with E-state index in [9.17, 15) is 17.6 Å². The lowest BCUT2D eigenvalue weighted by molar-refractivity contribution is -0.121. The van der Waals surface area contributed by atoms with E-state index in [0.717, 1.165) is 4.31 Å². The molecule has 8 heteroatoms. The van der Waals surface area contributed by atoms with Crippen LogP contribution in [0.25, 0.3) is 0 Å². The Morgan fingerprint density at radius 1 is 1.53 bits per heavy atom. The Hall–Kier alpha value is -1.41. The Kier molecular flexibility index (Phi) is 3.40. The lowest BCUT2D eigenvalue weighted by Gasteiger charge is -2.20. The number of carbonyl (C=O) groups is 1. The second kappa shape index (κ2) is 4.61. The lowest BCUT2D eigenvalue weighted by Crippen LogP contribution is -2.43. The number of amides is 1. The first kappa shape index (κ1) is 14.0. The maximum atomic E-state index is 13.4. The van der Waals surface area contributed by atoms with Gasteiger partial charge in [-0.2, -0.15) is 4.31 Å². The Balaban J connectivity index is 2.44. The maximum Gasteiger partial charge on any atom is 0.247 e. The van der Waals surface area contributed by atoms with Crippen LogP contribution in [-0.4, -0.2) is 37.4 Å². The van der Waals surface area contributed by atoms with E-state index in [1.807, 2.05) is 0 Å². The first-order chi connectivity index (χ1) is 8.73. The van der Waals surface area contributed by atoms with Crippen LogP contribution in [0.15, 0.2) is 15.4 Å². The van der Waals surface area contributed by atoms with E-state index in [1.54, 1.807) is 6.92 Å². The van der Waals surface area contributed by atoms with Gasteiger partial charge in [-0.3, -0.25) is 4.79 Å². The molecule has 0 bridgehead atoms. The van der Waals surface area contributed by atoms with Crippen molar-refractivity contribution in [2.24, 2.45) is 5.73 Å². The number of alkyl halides is 1. The molecule has 1 saturated heterocycles. The van der Waals surface area contributed by atoms with Gasteiger partial charge in [0.1, 0.15) is 28.6 Å². The number of furan rings is 1. The molecule has 0 aromatic carbocycles. The third-order valence-electron chi connectivity index (χ3n) is 3.12. The topological polar surface area (TPSA) is 93.6 Å². The van der Waals surface area contributed by atoms with Crippen molar-refractivity contribution < 1.29 is 22.0 Å². The second-order valence-electron chi connectivity index (χ2n) is 4.60. The lowest BCUT2D eigenvalue weighted by atomic mass is 10.2. The van der Waals surface area contributed by atoms with Crippen LogP contribution in [0, 0.1) is 13.8 Å². The molecule has 6 nitrogen and oxygen atoms in total. The number of nitrogens with zero attached hydrogens (tertiary/aromatic N) is 1. The van der Waals surface area contributed by atoms with Crippen molar-refractivity contribution in [1.82, 2.24) is 4.31 Å². The summed E-state index contributed by atoms with van der Waals surface area (Å²) in [4.78, 5) is 11.2. The van der Waals surface area contributed by atoms with Gasteiger partial charge in [0.15, 0.2) is 0 Å². The molecule has 2 atom stereocenters. The van der Waals surface area contributed by atoms with E-state index in [1.165, 1.54) is 13.0 Å². The third kappa shape index (κ3) is 2.37. The number of hydrogen-bond acceptors (Lipinski definition) is 4. The van der Waals surface area contributed by atoms with Crippen molar-refractivity contribution in [3.63, 3.8) is 0 Å². The van der Waals surface area contributed by atoms with Gasteiger partial charge in [-0.25, -0.2) is 12.8 Å². The standard InChI is InChI=1S/C11H15FN2O4S/c1-6-3-10(7(2)18-6)19(16,17)14-5-8(12)4-9(14)11(13)15/h3,8-9H,4-5H2,1-2H3,(H2,13,15)/t8-,9+/m1/s1. The number of carbonyl (C=O) groups excluding carboxylic acids is 1. The fourth-order valence-electron chi connectivity index (χ4n) is 2.27. The predicted octanol–water partition coefficient (Wildman–Crippen LogP) is 0.483. The monoisotopic (exact) mass is 290 g/mol. The summed E-state index contributed by atoms with van der Waals surface area (Å²) in [5, 5.41) is 0. The number of nitrogens with two attached hydrogens (primary N) is 1. The second-order valence-corrected chi connectivity index (χ2v) is 6.46. The van der Waals surface area contributed by atoms with E-state index in [-0.39, 0.29) is 23.6 Å². The largest absolute Gasteiger partial charge is 0.465 e. The van der Waals surface area contributed by atoms with Crippen molar-refractivity contribution in [3.05, 3.63) is 17.6 Å². The Labute approximate surface area is 110 Å². The molecular formula is C11H15FN2O4S. The molecule has 19 heavy (non-hydrogen) atoms. The first-order valence-electron chi connectivity index (χ1n) is 5.75. The average molecular weight is 290 g/mol. The molecule has 106 valence electrons. The van der Waals surface area contributed by atoms with Crippen LogP contribution >= 0.6 is 0 Å². The van der Waals surface area contributed by atoms with E-state index in [4.69, 9.17) is 10.2 Å². The smallest absolute Gasteiger partial charge is 0.247 e. The highest BCUT2D eigenvalue weighted by Crippen LogP contribution is 2.30. The summed E-state index contributed by atoms with van der Waals surface area (Å²) in [6, 6.07) is 0.212. The van der Waals surface area contributed by atoms with E-state index >= 15 is 0 Å². The quantitative estimate of drug-likeness (QED) is 0.876. The van der Waals surface area contributed by atoms with Crippen LogP contribution in [-0.2, 0) is 14.8 Å². The van der Waals surface area contributed by atoms with Gasteiger partial charge in [0.25, 0.3) is 0 Å². The highest BCUT2D eigenvalue weighted by atomic mass is 32.2. The number of hydrogen-bond donors (Lipinski definition) is 1. The number of primary amides is 1. The van der Waals surface area contributed by atoms with Crippen molar-refractivity contribution in [2.45, 2.75) is 37.4 Å². The van der Waals surface area contributed by atoms with Crippen molar-refractivity contribution >= 4 is 15.9 Å². The minimum atomic E-state index is -3.98. The molecule has 0 aliphatic carbocycles. The molecule has 2 rings (SSSR count). The zero-order valence-electron chi connectivity index (χ0n) is 10.6. The fraction of sp³-hybridized carbons (Fsp3) is 0.545. The van der Waals surface area contributed by atoms with Crippen LogP contribution in [0.2, 0.25) is 0 Å². The van der Waals surface area contributed by atoms with Gasteiger partial charge in [0, 0.05) is 13.0 Å². The summed E-state index contributed by atoms with van der Waals surface area (Å²) < 4.78 is 44.2. The number of aryl methyl sites for hydroxylation is 2. The van der Waals surface area contributed by atoms with Gasteiger partial charge in [-0.1, -0.05) is 0 Å². The molecule has 1 fully saturated rings. The molecule has 1 aliphatic rings. The van der Waals surface area contributed by atoms with Crippen LogP contribution in [0.1, 0.15) is 17.9 Å². The highest BCUT2D eigenvalue weighted by molar-refractivity contribution is 7.89. The van der Waals surface area contributed by atoms with E-state index < -0.39 is 28.1 Å². The van der Waals surface area contributed by atoms with Gasteiger partial charge in [0.05, 0.1) is 0 Å². The SMILES string of the molecule is Cc1cc(S(=O)(=O)N2C[C@H](F)C[C@H]2C(N)=O)c(C)o1. The predicted molar refractivity (Wildman–Crippen MR) is 64.6 cm³/mol. The molecule has 2 N–H and O–H groups in total. The summed E-state index contributed by atoms with van der Waals surface area (Å²) >= 11 is 0. The summed E-state index contributed by atoms with van der Waals surface area (Å²) in [6.45, 7) is 2.75.